The molecule has 2 amide bonds. The monoisotopic (exact) mass is 530 g/mol. The SMILES string of the molecule is CCCCCCNC(=O)[C@@H]1C[C@@]2(C)C[C@H]2N1C(=O)Cc1c(-c2cnc(C)nc2)cc(C)c2n[nH]c(C(C)=O)c12. The second-order valence-corrected chi connectivity index (χ2v) is 11.5. The summed E-state index contributed by atoms with van der Waals surface area (Å²) < 4.78 is 0. The number of unbranched alkanes of at least 4 members (excludes halogenated alkanes) is 3. The molecule has 1 aromatic carbocycles. The third kappa shape index (κ3) is 5.06. The van der Waals surface area contributed by atoms with Gasteiger partial charge in [-0.05, 0) is 61.3 Å². The summed E-state index contributed by atoms with van der Waals surface area (Å²) in [6, 6.07) is 1.57. The van der Waals surface area contributed by atoms with Crippen molar-refractivity contribution in [3.05, 3.63) is 41.1 Å². The van der Waals surface area contributed by atoms with Crippen molar-refractivity contribution in [2.24, 2.45) is 5.41 Å². The molecule has 3 heterocycles. The van der Waals surface area contributed by atoms with Gasteiger partial charge in [0.2, 0.25) is 11.8 Å². The van der Waals surface area contributed by atoms with Crippen molar-refractivity contribution in [3.8, 4) is 11.1 Å². The minimum atomic E-state index is -0.476. The molecule has 2 aromatic heterocycles. The fourth-order valence-corrected chi connectivity index (χ4v) is 6.14. The Morgan fingerprint density at radius 1 is 1.13 bits per heavy atom. The molecular formula is C30H38N6O3. The van der Waals surface area contributed by atoms with Crippen molar-refractivity contribution in [1.29, 1.82) is 0 Å². The molecule has 0 radical (unpaired) electrons. The summed E-state index contributed by atoms with van der Waals surface area (Å²) in [6.07, 6.45) is 9.44. The average molecular weight is 531 g/mol. The summed E-state index contributed by atoms with van der Waals surface area (Å²) in [4.78, 5) is 50.5. The van der Waals surface area contributed by atoms with Crippen LogP contribution in [0.4, 0.5) is 0 Å². The molecule has 1 saturated heterocycles. The van der Waals surface area contributed by atoms with Gasteiger partial charge >= 0.3 is 0 Å². The van der Waals surface area contributed by atoms with E-state index in [-0.39, 0.29) is 35.5 Å². The predicted octanol–water partition coefficient (Wildman–Crippen LogP) is 4.46. The van der Waals surface area contributed by atoms with Crippen LogP contribution in [-0.4, -0.2) is 61.3 Å². The maximum absolute atomic E-state index is 14.1. The van der Waals surface area contributed by atoms with Gasteiger partial charge < -0.3 is 10.2 Å². The van der Waals surface area contributed by atoms with Crippen molar-refractivity contribution < 1.29 is 14.4 Å². The molecule has 39 heavy (non-hydrogen) atoms. The smallest absolute Gasteiger partial charge is 0.242 e. The fraction of sp³-hybridized carbons (Fsp3) is 0.533. The highest BCUT2D eigenvalue weighted by Gasteiger charge is 2.64. The van der Waals surface area contributed by atoms with E-state index >= 15 is 0 Å². The standard InChI is InChI=1S/C30H38N6O3/c1-6-7-8-9-10-31-29(39)23-13-30(5)14-24(30)36(23)25(38)12-22-21(20-15-32-19(4)33-16-20)11-17(2)27-26(22)28(18(3)37)35-34-27/h11,15-16,23-24H,6-10,12-14H2,1-5H3,(H,31,39)(H,34,35)/t23-,24+,30-/m0/s1. The zero-order valence-corrected chi connectivity index (χ0v) is 23.6. The van der Waals surface area contributed by atoms with E-state index in [4.69, 9.17) is 0 Å². The first-order chi connectivity index (χ1) is 18.6. The average Bonchev–Trinajstić information content (AvgIpc) is 3.23. The molecule has 5 rings (SSSR count). The van der Waals surface area contributed by atoms with E-state index in [1.807, 2.05) is 24.8 Å². The Balaban J connectivity index is 1.49. The van der Waals surface area contributed by atoms with Gasteiger partial charge in [0.25, 0.3) is 0 Å². The van der Waals surface area contributed by atoms with E-state index in [0.29, 0.717) is 41.0 Å². The number of fused-ring (bicyclic) bond motifs is 2. The van der Waals surface area contributed by atoms with Crippen LogP contribution in [0.2, 0.25) is 0 Å². The number of H-pyrrole nitrogens is 1. The predicted molar refractivity (Wildman–Crippen MR) is 149 cm³/mol. The lowest BCUT2D eigenvalue weighted by atomic mass is 9.91. The van der Waals surface area contributed by atoms with Gasteiger partial charge in [-0.2, -0.15) is 5.10 Å². The summed E-state index contributed by atoms with van der Waals surface area (Å²) >= 11 is 0. The van der Waals surface area contributed by atoms with Crippen LogP contribution >= 0.6 is 0 Å². The lowest BCUT2D eigenvalue weighted by Crippen LogP contribution is -2.48. The van der Waals surface area contributed by atoms with Crippen LogP contribution in [0, 0.1) is 19.3 Å². The Labute approximate surface area is 229 Å². The van der Waals surface area contributed by atoms with Crippen LogP contribution in [0.15, 0.2) is 18.5 Å². The van der Waals surface area contributed by atoms with E-state index in [2.05, 4.69) is 39.3 Å². The number of aromatic amines is 1. The van der Waals surface area contributed by atoms with E-state index in [1.54, 1.807) is 12.4 Å². The van der Waals surface area contributed by atoms with Crippen molar-refractivity contribution >= 4 is 28.5 Å². The van der Waals surface area contributed by atoms with Gasteiger partial charge in [-0.3, -0.25) is 19.5 Å². The van der Waals surface area contributed by atoms with Crippen molar-refractivity contribution in [1.82, 2.24) is 30.4 Å². The molecule has 3 aromatic rings. The fourth-order valence-electron chi connectivity index (χ4n) is 6.14. The molecule has 0 spiro atoms. The Kier molecular flexibility index (Phi) is 7.27. The Morgan fingerprint density at radius 2 is 1.87 bits per heavy atom. The maximum atomic E-state index is 14.1. The Morgan fingerprint density at radius 3 is 2.56 bits per heavy atom. The lowest BCUT2D eigenvalue weighted by molar-refractivity contribution is -0.139. The number of nitrogens with one attached hydrogen (secondary N) is 2. The van der Waals surface area contributed by atoms with Gasteiger partial charge in [0, 0.05) is 42.9 Å². The van der Waals surface area contributed by atoms with E-state index in [0.717, 1.165) is 48.8 Å². The van der Waals surface area contributed by atoms with Gasteiger partial charge in [-0.25, -0.2) is 9.97 Å². The molecule has 2 aliphatic rings. The zero-order chi connectivity index (χ0) is 27.9. The minimum Gasteiger partial charge on any atom is -0.354 e. The molecule has 2 N–H and O–H groups in total. The highest BCUT2D eigenvalue weighted by atomic mass is 16.2. The van der Waals surface area contributed by atoms with Crippen LogP contribution in [0.25, 0.3) is 22.0 Å². The van der Waals surface area contributed by atoms with Crippen molar-refractivity contribution in [3.63, 3.8) is 0 Å². The number of hydrogen-bond acceptors (Lipinski definition) is 6. The van der Waals surface area contributed by atoms with E-state index in [1.165, 1.54) is 6.92 Å². The largest absolute Gasteiger partial charge is 0.354 e. The number of hydrogen-bond donors (Lipinski definition) is 2. The number of carbonyl (C=O) groups excluding carboxylic acids is 3. The summed E-state index contributed by atoms with van der Waals surface area (Å²) in [7, 11) is 0. The number of aryl methyl sites for hydroxylation is 2. The molecule has 206 valence electrons. The number of carbonyl (C=O) groups is 3. The molecule has 9 heteroatoms. The number of ketones is 1. The minimum absolute atomic E-state index is 0.0176. The number of benzene rings is 1. The number of Topliss-reactive ketones (excluding diaryl/α,β-unsaturated/α-hetero) is 1. The Hall–Kier alpha value is -3.62. The van der Waals surface area contributed by atoms with Crippen LogP contribution in [0.3, 0.4) is 0 Å². The quantitative estimate of drug-likeness (QED) is 0.295. The first-order valence-electron chi connectivity index (χ1n) is 14.0. The van der Waals surface area contributed by atoms with Crippen molar-refractivity contribution in [2.45, 2.75) is 91.6 Å². The normalized spacial score (nSPS) is 21.7. The van der Waals surface area contributed by atoms with Crippen LogP contribution in [0.5, 0.6) is 0 Å². The van der Waals surface area contributed by atoms with Gasteiger partial charge in [-0.15, -0.1) is 0 Å². The summed E-state index contributed by atoms with van der Waals surface area (Å²) in [6.45, 7) is 10.2. The summed E-state index contributed by atoms with van der Waals surface area (Å²) in [5, 5.41) is 11.0. The van der Waals surface area contributed by atoms with Gasteiger partial charge in [0.1, 0.15) is 17.6 Å². The molecule has 2 fully saturated rings. The Bertz CT molecular complexity index is 1430. The van der Waals surface area contributed by atoms with Gasteiger partial charge in [0.05, 0.1) is 11.9 Å². The molecular weight excluding hydrogens is 492 g/mol. The highest BCUT2D eigenvalue weighted by Crippen LogP contribution is 2.59. The molecule has 1 aliphatic heterocycles. The van der Waals surface area contributed by atoms with Gasteiger partial charge in [-0.1, -0.05) is 33.1 Å². The second-order valence-electron chi connectivity index (χ2n) is 11.5. The number of aromatic nitrogens is 4. The van der Waals surface area contributed by atoms with Gasteiger partial charge in [0.15, 0.2) is 5.78 Å². The molecule has 9 nitrogen and oxygen atoms in total. The number of piperidine rings is 1. The first-order valence-corrected chi connectivity index (χ1v) is 14.0. The number of likely N-dealkylation sites (tertiary alicyclic amines) is 1. The van der Waals surface area contributed by atoms with Crippen LogP contribution < -0.4 is 5.32 Å². The highest BCUT2D eigenvalue weighted by molar-refractivity contribution is 6.09. The molecule has 1 saturated carbocycles. The van der Waals surface area contributed by atoms with E-state index in [9.17, 15) is 14.4 Å². The molecule has 3 atom stereocenters. The summed E-state index contributed by atoms with van der Waals surface area (Å²) in [5.41, 5.74) is 4.19. The number of rotatable bonds is 10. The maximum Gasteiger partial charge on any atom is 0.242 e. The second kappa shape index (κ2) is 10.5. The molecule has 0 unspecified atom stereocenters. The van der Waals surface area contributed by atoms with E-state index < -0.39 is 6.04 Å². The zero-order valence-electron chi connectivity index (χ0n) is 23.6. The number of amides is 2. The summed E-state index contributed by atoms with van der Waals surface area (Å²) in [5.74, 6) is 0.319. The topological polar surface area (TPSA) is 121 Å². The van der Waals surface area contributed by atoms with Crippen LogP contribution in [-0.2, 0) is 16.0 Å². The van der Waals surface area contributed by atoms with Crippen LogP contribution in [0.1, 0.15) is 86.7 Å². The van der Waals surface area contributed by atoms with Crippen molar-refractivity contribution in [2.75, 3.05) is 6.54 Å². The lowest BCUT2D eigenvalue weighted by Gasteiger charge is -2.27. The third-order valence-corrected chi connectivity index (χ3v) is 8.46. The number of nitrogens with zero attached hydrogens (tertiary/aromatic N) is 4. The molecule has 0 bridgehead atoms. The molecule has 1 aliphatic carbocycles. The third-order valence-electron chi connectivity index (χ3n) is 8.46. The first kappa shape index (κ1) is 27.0.